The van der Waals surface area contributed by atoms with E-state index < -0.39 is 10.0 Å². The number of sulfonamides is 1. The summed E-state index contributed by atoms with van der Waals surface area (Å²) in [5.41, 5.74) is 0. The van der Waals surface area contributed by atoms with Crippen LogP contribution >= 0.6 is 22.9 Å². The fraction of sp³-hybridized carbons (Fsp3) is 0.636. The number of hydrogen-bond donors (Lipinski definition) is 0. The van der Waals surface area contributed by atoms with Crippen LogP contribution in [0.25, 0.3) is 0 Å². The van der Waals surface area contributed by atoms with Gasteiger partial charge < -0.3 is 4.74 Å². The predicted octanol–water partition coefficient (Wildman–Crippen LogP) is 2.29. The average molecular weight is 310 g/mol. The zero-order chi connectivity index (χ0) is 13.2. The quantitative estimate of drug-likeness (QED) is 0.784. The second-order valence-corrected chi connectivity index (χ2v) is 7.98. The van der Waals surface area contributed by atoms with Gasteiger partial charge in [-0.1, -0.05) is 0 Å². The van der Waals surface area contributed by atoms with Crippen LogP contribution in [-0.4, -0.2) is 39.0 Å². The van der Waals surface area contributed by atoms with E-state index in [0.29, 0.717) is 16.6 Å². The summed E-state index contributed by atoms with van der Waals surface area (Å²) >= 11 is 6.91. The van der Waals surface area contributed by atoms with Crippen LogP contribution in [0, 0.1) is 0 Å². The van der Waals surface area contributed by atoms with Gasteiger partial charge in [0, 0.05) is 25.1 Å². The maximum Gasteiger partial charge on any atom is 0.252 e. The van der Waals surface area contributed by atoms with Gasteiger partial charge in [-0.15, -0.1) is 22.9 Å². The molecule has 0 aliphatic carbocycles. The van der Waals surface area contributed by atoms with Crippen molar-refractivity contribution in [1.82, 2.24) is 4.31 Å². The van der Waals surface area contributed by atoms with Crippen LogP contribution in [0.2, 0.25) is 0 Å². The molecule has 18 heavy (non-hydrogen) atoms. The smallest absolute Gasteiger partial charge is 0.252 e. The van der Waals surface area contributed by atoms with Crippen LogP contribution in [-0.2, 0) is 20.6 Å². The van der Waals surface area contributed by atoms with Gasteiger partial charge in [0.1, 0.15) is 4.21 Å². The highest BCUT2D eigenvalue weighted by Crippen LogP contribution is 2.26. The third-order valence-corrected chi connectivity index (χ3v) is 6.74. The lowest BCUT2D eigenvalue weighted by molar-refractivity contribution is 0.0979. The third kappa shape index (κ3) is 3.05. The molecule has 1 unspecified atom stereocenters. The molecule has 0 radical (unpaired) electrons. The number of alkyl halides is 1. The zero-order valence-electron chi connectivity index (χ0n) is 10.1. The van der Waals surface area contributed by atoms with Gasteiger partial charge in [0.25, 0.3) is 10.0 Å². The van der Waals surface area contributed by atoms with E-state index in [0.717, 1.165) is 24.3 Å². The summed E-state index contributed by atoms with van der Waals surface area (Å²) in [6.07, 6.45) is 1.96. The Labute approximate surface area is 117 Å². The predicted molar refractivity (Wildman–Crippen MR) is 72.7 cm³/mol. The molecule has 0 amide bonds. The topological polar surface area (TPSA) is 46.6 Å². The summed E-state index contributed by atoms with van der Waals surface area (Å²) in [5.74, 6) is 0.343. The van der Waals surface area contributed by atoms with Gasteiger partial charge in [-0.2, -0.15) is 4.31 Å². The summed E-state index contributed by atoms with van der Waals surface area (Å²) in [7, 11) is -1.81. The minimum absolute atomic E-state index is 0.0252. The second kappa shape index (κ2) is 5.88. The summed E-state index contributed by atoms with van der Waals surface area (Å²) in [6, 6.07) is 3.37. The lowest BCUT2D eigenvalue weighted by Gasteiger charge is -2.19. The molecular formula is C11H16ClNO3S2. The Kier molecular flexibility index (Phi) is 4.66. The molecule has 2 heterocycles. The maximum atomic E-state index is 12.3. The van der Waals surface area contributed by atoms with E-state index in [9.17, 15) is 8.42 Å². The molecule has 1 aromatic rings. The molecule has 0 aromatic carbocycles. The minimum atomic E-state index is -3.40. The summed E-state index contributed by atoms with van der Waals surface area (Å²) in [4.78, 5) is 0.862. The van der Waals surface area contributed by atoms with Gasteiger partial charge in [-0.05, 0) is 25.0 Å². The third-order valence-electron chi connectivity index (χ3n) is 2.92. The lowest BCUT2D eigenvalue weighted by Crippen LogP contribution is -2.33. The fourth-order valence-electron chi connectivity index (χ4n) is 1.90. The lowest BCUT2D eigenvalue weighted by atomic mass is 10.2. The summed E-state index contributed by atoms with van der Waals surface area (Å²) < 4.78 is 31.7. The molecule has 4 nitrogen and oxygen atoms in total. The molecule has 1 aliphatic rings. The first kappa shape index (κ1) is 14.3. The van der Waals surface area contributed by atoms with Crippen molar-refractivity contribution >= 4 is 33.0 Å². The molecule has 2 rings (SSSR count). The number of likely N-dealkylation sites (N-methyl/N-ethyl adjacent to an activating group) is 1. The molecule has 1 fully saturated rings. The number of thiophene rings is 1. The molecule has 1 aliphatic heterocycles. The molecule has 1 atom stereocenters. The fourth-order valence-corrected chi connectivity index (χ4v) is 4.77. The number of halogens is 1. The van der Waals surface area contributed by atoms with E-state index in [4.69, 9.17) is 16.3 Å². The van der Waals surface area contributed by atoms with Gasteiger partial charge in [-0.3, -0.25) is 0 Å². The van der Waals surface area contributed by atoms with Crippen LogP contribution in [0.3, 0.4) is 0 Å². The number of ether oxygens (including phenoxy) is 1. The molecule has 1 saturated heterocycles. The Morgan fingerprint density at radius 1 is 1.56 bits per heavy atom. The Balaban J connectivity index is 2.09. The van der Waals surface area contributed by atoms with E-state index in [1.54, 1.807) is 19.2 Å². The highest BCUT2D eigenvalue weighted by atomic mass is 35.5. The van der Waals surface area contributed by atoms with Crippen LogP contribution in [0.1, 0.15) is 17.7 Å². The van der Waals surface area contributed by atoms with E-state index in [1.807, 2.05) is 0 Å². The highest BCUT2D eigenvalue weighted by molar-refractivity contribution is 7.91. The van der Waals surface area contributed by atoms with Crippen LogP contribution in [0.5, 0.6) is 0 Å². The highest BCUT2D eigenvalue weighted by Gasteiger charge is 2.27. The number of rotatable bonds is 5. The van der Waals surface area contributed by atoms with Crippen molar-refractivity contribution in [3.05, 3.63) is 17.0 Å². The average Bonchev–Trinajstić information content (AvgIpc) is 2.99. The molecule has 0 N–H and O–H groups in total. The Hall–Kier alpha value is -0.140. The maximum absolute atomic E-state index is 12.3. The number of nitrogens with zero attached hydrogens (tertiary/aromatic N) is 1. The summed E-state index contributed by atoms with van der Waals surface area (Å²) in [5, 5.41) is 0. The minimum Gasteiger partial charge on any atom is -0.377 e. The van der Waals surface area contributed by atoms with E-state index >= 15 is 0 Å². The van der Waals surface area contributed by atoms with Gasteiger partial charge in [0.05, 0.1) is 12.0 Å². The standard InChI is InChI=1S/C11H16ClNO3S2/c1-13(8-9-3-2-6-16-9)18(14,15)11-5-4-10(7-12)17-11/h4-5,9H,2-3,6-8H2,1H3. The molecule has 7 heteroatoms. The van der Waals surface area contributed by atoms with Crippen molar-refractivity contribution in [2.75, 3.05) is 20.2 Å². The van der Waals surface area contributed by atoms with Crippen molar-refractivity contribution in [3.63, 3.8) is 0 Å². The van der Waals surface area contributed by atoms with Crippen molar-refractivity contribution in [2.24, 2.45) is 0 Å². The Bertz CT molecular complexity index is 494. The van der Waals surface area contributed by atoms with E-state index in [2.05, 4.69) is 0 Å². The van der Waals surface area contributed by atoms with Gasteiger partial charge >= 0.3 is 0 Å². The Morgan fingerprint density at radius 3 is 2.89 bits per heavy atom. The van der Waals surface area contributed by atoms with Crippen molar-refractivity contribution in [1.29, 1.82) is 0 Å². The molecule has 102 valence electrons. The molecule has 0 bridgehead atoms. The van der Waals surface area contributed by atoms with Gasteiger partial charge in [0.15, 0.2) is 0 Å². The first-order valence-electron chi connectivity index (χ1n) is 5.76. The normalized spacial score (nSPS) is 20.7. The summed E-state index contributed by atoms with van der Waals surface area (Å²) in [6.45, 7) is 1.14. The van der Waals surface area contributed by atoms with Crippen molar-refractivity contribution < 1.29 is 13.2 Å². The molecule has 1 aromatic heterocycles. The second-order valence-electron chi connectivity index (χ2n) is 4.27. The van der Waals surface area contributed by atoms with Crippen LogP contribution in [0.15, 0.2) is 16.3 Å². The Morgan fingerprint density at radius 2 is 2.33 bits per heavy atom. The monoisotopic (exact) mass is 309 g/mol. The van der Waals surface area contributed by atoms with Gasteiger partial charge in [-0.25, -0.2) is 8.42 Å². The van der Waals surface area contributed by atoms with E-state index in [1.165, 1.54) is 15.6 Å². The molecular weight excluding hydrogens is 294 g/mol. The van der Waals surface area contributed by atoms with Crippen molar-refractivity contribution in [3.8, 4) is 0 Å². The van der Waals surface area contributed by atoms with Crippen molar-refractivity contribution in [2.45, 2.75) is 29.0 Å². The largest absolute Gasteiger partial charge is 0.377 e. The van der Waals surface area contributed by atoms with E-state index in [-0.39, 0.29) is 6.10 Å². The first-order chi connectivity index (χ1) is 8.54. The van der Waals surface area contributed by atoms with Crippen LogP contribution < -0.4 is 0 Å². The van der Waals surface area contributed by atoms with Gasteiger partial charge in [0.2, 0.25) is 0 Å². The molecule has 0 saturated carbocycles. The van der Waals surface area contributed by atoms with Crippen LogP contribution in [0.4, 0.5) is 0 Å². The first-order valence-corrected chi connectivity index (χ1v) is 8.56. The SMILES string of the molecule is CN(CC1CCCO1)S(=O)(=O)c1ccc(CCl)s1. The zero-order valence-corrected chi connectivity index (χ0v) is 12.5. The number of hydrogen-bond acceptors (Lipinski definition) is 4. The molecule has 0 spiro atoms.